The molecule has 1 fully saturated rings. The highest BCUT2D eigenvalue weighted by atomic mass is 31.2. The van der Waals surface area contributed by atoms with Crippen molar-refractivity contribution in [2.45, 2.75) is 151 Å². The Bertz CT molecular complexity index is 4540. The molecule has 1 saturated heterocycles. The first kappa shape index (κ1) is 84.9. The zero-order valence-electron chi connectivity index (χ0n) is 63.9. The molecule has 39 heteroatoms. The number of aromatic amines is 6. The SMILES string of the molecule is COc1ccc(C(OC[C@H]2O[C@@H](C(=O)NCC(=O)NCC(=O)N[C@@H](Cc3c[nH]cn3)C(=O)N[C@@H](Cc3c[nH]cn3)C(=O)N[C@@H](Cc3c[nH]cn3)C(=O)N[C@@H](Cc3c[nH]cn3)C(=O)N[C@@H](Cc3c[nH]cn3)C(=O)N[C@@H](Cc3c[nH]cn3)C(=O)O)C[C@@H]2OP(OCCC#N)N(C(C)C)C(C)C)(c2ccccc2)c2ccc(OC)cc2)cc1. The first-order chi connectivity index (χ1) is 55.6. The van der Waals surface area contributed by atoms with E-state index in [1.54, 1.807) is 14.2 Å². The van der Waals surface area contributed by atoms with E-state index < -0.39 is 135 Å². The summed E-state index contributed by atoms with van der Waals surface area (Å²) >= 11 is 0. The highest BCUT2D eigenvalue weighted by Crippen LogP contribution is 2.50. The van der Waals surface area contributed by atoms with Gasteiger partial charge in [0.15, 0.2) is 0 Å². The van der Waals surface area contributed by atoms with Gasteiger partial charge in [0, 0.05) is 94.2 Å². The first-order valence-corrected chi connectivity index (χ1v) is 38.1. The van der Waals surface area contributed by atoms with Gasteiger partial charge in [-0.25, -0.2) is 39.4 Å². The van der Waals surface area contributed by atoms with Crippen LogP contribution in [0.15, 0.2) is 154 Å². The summed E-state index contributed by atoms with van der Waals surface area (Å²) in [5.41, 5.74) is 2.69. The number of hydrogen-bond donors (Lipinski definition) is 15. The number of ether oxygens (including phenoxy) is 4. The van der Waals surface area contributed by atoms with Crippen LogP contribution in [0, 0.1) is 11.3 Å². The van der Waals surface area contributed by atoms with Gasteiger partial charge >= 0.3 is 5.97 Å². The second-order valence-electron chi connectivity index (χ2n) is 27.3. The van der Waals surface area contributed by atoms with Crippen LogP contribution >= 0.6 is 8.53 Å². The van der Waals surface area contributed by atoms with E-state index in [9.17, 15) is 53.5 Å². The number of carboxylic acid groups (broad SMARTS) is 1. The molecule has 3 aromatic carbocycles. The van der Waals surface area contributed by atoms with Gasteiger partial charge in [-0.2, -0.15) is 5.26 Å². The highest BCUT2D eigenvalue weighted by molar-refractivity contribution is 7.44. The standard InChI is InChI=1S/C76H93N22O16P/c1-45(2)98(46(3)4)115(112-22-10-21-77)114-64-29-65(113-66(64)38-111-76(47-11-8-7-9-12-47,48-13-17-56(109-5)18-14-48)49-15-19-57(110-6)20-16-49)74(106)85-36-67(99)84-37-68(100)92-58(23-50-30-78-39-86-50)69(101)93-59(24-51-31-79-40-87-51)70(102)94-60(25-52-32-80-41-88-52)71(103)95-61(26-53-33-81-42-89-53)72(104)96-62(27-54-34-82-43-90-54)73(105)97-63(75(107)108)28-55-35-83-44-91-55/h7-9,11-20,30-35,39-46,58-66H,10,22-29,36-38H2,1-6H3,(H,78,86)(H,79,87)(H,80,88)(H,81,89)(H,82,90)(H,83,91)(H,84,99)(H,85,106)(H,92,100)(H,93,101)(H,94,102)(H,95,103)(H,96,104)(H,97,105)(H,107,108)/t58-,59-,60-,61-,62-,63-,64-,65+,66+,115?/m0/s1. The van der Waals surface area contributed by atoms with Crippen LogP contribution in [-0.4, -0.2) is 230 Å². The van der Waals surface area contributed by atoms with Gasteiger partial charge in [-0.05, 0) is 68.7 Å². The Labute approximate surface area is 661 Å². The highest BCUT2D eigenvalue weighted by Gasteiger charge is 2.47. The minimum Gasteiger partial charge on any atom is -0.497 e. The average Bonchev–Trinajstić information content (AvgIpc) is 1.62. The lowest BCUT2D eigenvalue weighted by molar-refractivity contribution is -0.142. The van der Waals surface area contributed by atoms with Crippen molar-refractivity contribution in [3.05, 3.63) is 205 Å². The van der Waals surface area contributed by atoms with Gasteiger partial charge < -0.3 is 106 Å². The third-order valence-corrected chi connectivity index (χ3v) is 20.6. The Morgan fingerprint density at radius 3 is 1.24 bits per heavy atom. The Kier molecular flexibility index (Phi) is 30.9. The van der Waals surface area contributed by atoms with Gasteiger partial charge in [0.25, 0.3) is 8.53 Å². The molecule has 6 aromatic heterocycles. The maximum atomic E-state index is 14.9. The molecule has 1 unspecified atom stereocenters. The molecule has 1 aliphatic heterocycles. The van der Waals surface area contributed by atoms with Crippen molar-refractivity contribution < 1.29 is 76.3 Å². The average molecular weight is 1600 g/mol. The van der Waals surface area contributed by atoms with E-state index in [-0.39, 0.29) is 93.7 Å². The van der Waals surface area contributed by atoms with Crippen LogP contribution in [0.3, 0.4) is 0 Å². The van der Waals surface area contributed by atoms with Gasteiger partial charge in [-0.15, -0.1) is 0 Å². The summed E-state index contributed by atoms with van der Waals surface area (Å²) in [6.07, 6.45) is 12.3. The quantitative estimate of drug-likeness (QED) is 0.0147. The summed E-state index contributed by atoms with van der Waals surface area (Å²) in [6.45, 7) is 6.51. The van der Waals surface area contributed by atoms with Gasteiger partial charge in [0.2, 0.25) is 47.3 Å². The normalized spacial score (nSPS) is 15.9. The molecular weight excluding hydrogens is 1510 g/mol. The number of rotatable bonds is 45. The molecule has 38 nitrogen and oxygen atoms in total. The molecule has 0 bridgehead atoms. The molecule has 15 N–H and O–H groups in total. The van der Waals surface area contributed by atoms with E-state index in [0.717, 1.165) is 16.7 Å². The number of nitriles is 1. The van der Waals surface area contributed by atoms with Crippen LogP contribution < -0.4 is 52.0 Å². The Morgan fingerprint density at radius 2 is 0.887 bits per heavy atom. The second kappa shape index (κ2) is 41.8. The van der Waals surface area contributed by atoms with Crippen molar-refractivity contribution in [3.8, 4) is 17.6 Å². The maximum Gasteiger partial charge on any atom is 0.326 e. The second-order valence-corrected chi connectivity index (χ2v) is 28.7. The summed E-state index contributed by atoms with van der Waals surface area (Å²) in [4.78, 5) is 170. The lowest BCUT2D eigenvalue weighted by atomic mass is 9.80. The summed E-state index contributed by atoms with van der Waals surface area (Å²) in [7, 11) is 1.25. The number of aliphatic carboxylic acids is 1. The molecule has 10 rings (SSSR count). The minimum absolute atomic E-state index is 0.0365. The molecule has 0 aliphatic carbocycles. The third-order valence-electron chi connectivity index (χ3n) is 18.5. The zero-order chi connectivity index (χ0) is 81.8. The molecule has 7 heterocycles. The van der Waals surface area contributed by atoms with Crippen molar-refractivity contribution >= 4 is 61.8 Å². The summed E-state index contributed by atoms with van der Waals surface area (Å²) in [5, 5.41) is 40.6. The molecule has 0 saturated carbocycles. The zero-order valence-corrected chi connectivity index (χ0v) is 64.8. The fraction of sp³-hybridized carbons (Fsp3) is 0.395. The lowest BCUT2D eigenvalue weighted by Gasteiger charge is -2.39. The van der Waals surface area contributed by atoms with E-state index in [1.807, 2.05) is 107 Å². The van der Waals surface area contributed by atoms with E-state index in [0.29, 0.717) is 28.6 Å². The maximum absolute atomic E-state index is 14.9. The molecule has 0 spiro atoms. The predicted molar refractivity (Wildman–Crippen MR) is 411 cm³/mol. The number of imidazole rings is 6. The molecule has 10 atom stereocenters. The van der Waals surface area contributed by atoms with Gasteiger partial charge in [0.1, 0.15) is 65.6 Å². The Balaban J connectivity index is 0.822. The Hall–Kier alpha value is -12.5. The number of nitrogens with zero attached hydrogens (tertiary/aromatic N) is 8. The number of nitrogens with one attached hydrogen (secondary N) is 14. The predicted octanol–water partition coefficient (Wildman–Crippen LogP) is 1.85. The number of methoxy groups -OCH3 is 2. The Morgan fingerprint density at radius 1 is 0.522 bits per heavy atom. The summed E-state index contributed by atoms with van der Waals surface area (Å²) in [6, 6.07) is 17.4. The molecule has 115 heavy (non-hydrogen) atoms. The van der Waals surface area contributed by atoms with Gasteiger partial charge in [0.05, 0.1) is 131 Å². The van der Waals surface area contributed by atoms with Crippen LogP contribution in [-0.2, 0) is 106 Å². The number of aromatic nitrogens is 12. The number of hydrogen-bond acceptors (Lipinski definition) is 23. The molecule has 1 aliphatic rings. The third kappa shape index (κ3) is 24.0. The topological polar surface area (TPSA) is 525 Å². The van der Waals surface area contributed by atoms with Crippen LogP contribution in [0.25, 0.3) is 0 Å². The summed E-state index contributed by atoms with van der Waals surface area (Å²) < 4.78 is 40.4. The van der Waals surface area contributed by atoms with Crippen molar-refractivity contribution in [1.29, 1.82) is 5.26 Å². The molecular formula is C76H93N22O16P. The molecule has 608 valence electrons. The number of carbonyl (C=O) groups is 9. The molecule has 9 aromatic rings. The van der Waals surface area contributed by atoms with E-state index >= 15 is 0 Å². The van der Waals surface area contributed by atoms with Crippen molar-refractivity contribution in [2.24, 2.45) is 0 Å². The number of H-pyrrole nitrogens is 6. The van der Waals surface area contributed by atoms with Gasteiger partial charge in [-0.3, -0.25) is 38.4 Å². The fourth-order valence-electron chi connectivity index (χ4n) is 12.9. The first-order valence-electron chi connectivity index (χ1n) is 36.9. The van der Waals surface area contributed by atoms with Crippen LogP contribution in [0.2, 0.25) is 0 Å². The number of carbonyl (C=O) groups excluding carboxylic acids is 8. The number of carboxylic acids is 1. The van der Waals surface area contributed by atoms with Gasteiger partial charge in [-0.1, -0.05) is 54.6 Å². The molecule has 0 radical (unpaired) electrons. The van der Waals surface area contributed by atoms with Crippen molar-refractivity contribution in [3.63, 3.8) is 0 Å². The van der Waals surface area contributed by atoms with Crippen molar-refractivity contribution in [2.75, 3.05) is 40.5 Å². The molecule has 8 amide bonds. The van der Waals surface area contributed by atoms with E-state index in [4.69, 9.17) is 28.0 Å². The number of amides is 8. The van der Waals surface area contributed by atoms with Crippen LogP contribution in [0.4, 0.5) is 0 Å². The largest absolute Gasteiger partial charge is 0.497 e. The summed E-state index contributed by atoms with van der Waals surface area (Å²) in [5.74, 6) is -7.18. The van der Waals surface area contributed by atoms with Crippen molar-refractivity contribution in [1.82, 2.24) is 107 Å². The van der Waals surface area contributed by atoms with Crippen LogP contribution in [0.1, 0.15) is 91.4 Å². The fourth-order valence-corrected chi connectivity index (χ4v) is 14.6. The monoisotopic (exact) mass is 1600 g/mol. The number of benzene rings is 3. The minimum atomic E-state index is -1.89. The lowest BCUT2D eigenvalue weighted by Crippen LogP contribution is -2.61. The van der Waals surface area contributed by atoms with Crippen LogP contribution in [0.5, 0.6) is 11.5 Å². The van der Waals surface area contributed by atoms with E-state index in [2.05, 4.69) is 113 Å². The smallest absolute Gasteiger partial charge is 0.326 e. The van der Waals surface area contributed by atoms with E-state index in [1.165, 1.54) is 75.1 Å².